The molecule has 7 heteroatoms. The molecule has 1 N–H and O–H groups in total. The van der Waals surface area contributed by atoms with E-state index < -0.39 is 15.8 Å². The van der Waals surface area contributed by atoms with Crippen LogP contribution in [0.1, 0.15) is 18.4 Å². The van der Waals surface area contributed by atoms with Crippen LogP contribution in [-0.4, -0.2) is 38.9 Å². The fraction of sp³-hybridized carbons (Fsp3) is 0.462. The molecule has 0 saturated carbocycles. The van der Waals surface area contributed by atoms with Crippen LogP contribution >= 0.6 is 0 Å². The summed E-state index contributed by atoms with van der Waals surface area (Å²) in [5.74, 6) is -0.716. The van der Waals surface area contributed by atoms with Crippen molar-refractivity contribution in [3.05, 3.63) is 29.6 Å². The van der Waals surface area contributed by atoms with E-state index in [0.717, 1.165) is 31.5 Å². The molecule has 1 fully saturated rings. The third-order valence-electron chi connectivity index (χ3n) is 3.41. The number of halogens is 1. The van der Waals surface area contributed by atoms with Gasteiger partial charge in [0.15, 0.2) is 0 Å². The zero-order valence-electron chi connectivity index (χ0n) is 11.1. The fourth-order valence-electron chi connectivity index (χ4n) is 2.25. The molecule has 1 unspecified atom stereocenters. The van der Waals surface area contributed by atoms with E-state index in [4.69, 9.17) is 5.26 Å². The molecule has 0 aromatic heterocycles. The SMILES string of the molecule is CN(CC1CCCN1)S(=O)(=O)c1ccc(F)c(C#N)c1. The number of benzene rings is 1. The van der Waals surface area contributed by atoms with Crippen molar-refractivity contribution < 1.29 is 12.8 Å². The molecule has 0 radical (unpaired) electrons. The van der Waals surface area contributed by atoms with Gasteiger partial charge in [-0.25, -0.2) is 12.8 Å². The van der Waals surface area contributed by atoms with Gasteiger partial charge in [-0.3, -0.25) is 0 Å². The molecule has 1 aliphatic heterocycles. The molecule has 0 bridgehead atoms. The van der Waals surface area contributed by atoms with Gasteiger partial charge in [0.1, 0.15) is 11.9 Å². The van der Waals surface area contributed by atoms with Crippen molar-refractivity contribution in [1.29, 1.82) is 5.26 Å². The lowest BCUT2D eigenvalue weighted by Crippen LogP contribution is -2.38. The molecule has 1 saturated heterocycles. The predicted octanol–water partition coefficient (Wildman–Crippen LogP) is 1.07. The Balaban J connectivity index is 2.23. The standard InChI is InChI=1S/C13H16FN3O2S/c1-17(9-11-3-2-6-16-11)20(18,19)12-4-5-13(14)10(7-12)8-15/h4-5,7,11,16H,2-3,6,9H2,1H3. The molecule has 2 rings (SSSR count). The van der Waals surface area contributed by atoms with E-state index in [1.807, 2.05) is 0 Å². The monoisotopic (exact) mass is 297 g/mol. The Labute approximate surface area is 118 Å². The molecule has 1 atom stereocenters. The van der Waals surface area contributed by atoms with Gasteiger partial charge in [-0.2, -0.15) is 9.57 Å². The summed E-state index contributed by atoms with van der Waals surface area (Å²) in [5, 5.41) is 12.0. The van der Waals surface area contributed by atoms with Crippen molar-refractivity contribution in [3.63, 3.8) is 0 Å². The summed E-state index contributed by atoms with van der Waals surface area (Å²) in [6, 6.07) is 5.06. The van der Waals surface area contributed by atoms with Gasteiger partial charge in [-0.15, -0.1) is 0 Å². The minimum Gasteiger partial charge on any atom is -0.313 e. The Morgan fingerprint density at radius 3 is 2.90 bits per heavy atom. The second-order valence-corrected chi connectivity index (χ2v) is 6.88. The number of rotatable bonds is 4. The van der Waals surface area contributed by atoms with Gasteiger partial charge < -0.3 is 5.32 Å². The highest BCUT2D eigenvalue weighted by Gasteiger charge is 2.25. The van der Waals surface area contributed by atoms with Crippen LogP contribution in [0.15, 0.2) is 23.1 Å². The zero-order valence-corrected chi connectivity index (χ0v) is 12.0. The summed E-state index contributed by atoms with van der Waals surface area (Å²) in [6.07, 6.45) is 1.97. The van der Waals surface area contributed by atoms with Crippen LogP contribution in [0.3, 0.4) is 0 Å². The Morgan fingerprint density at radius 1 is 1.55 bits per heavy atom. The van der Waals surface area contributed by atoms with Crippen LogP contribution in [0.5, 0.6) is 0 Å². The lowest BCUT2D eigenvalue weighted by molar-refractivity contribution is 0.417. The maximum Gasteiger partial charge on any atom is 0.242 e. The molecule has 1 aromatic carbocycles. The molecule has 1 heterocycles. The van der Waals surface area contributed by atoms with Gasteiger partial charge in [0.05, 0.1) is 10.5 Å². The lowest BCUT2D eigenvalue weighted by Gasteiger charge is -2.21. The molecule has 108 valence electrons. The smallest absolute Gasteiger partial charge is 0.242 e. The van der Waals surface area contributed by atoms with Crippen molar-refractivity contribution in [2.24, 2.45) is 0 Å². The minimum atomic E-state index is -3.70. The van der Waals surface area contributed by atoms with Gasteiger partial charge >= 0.3 is 0 Å². The quantitative estimate of drug-likeness (QED) is 0.902. The van der Waals surface area contributed by atoms with E-state index in [1.54, 1.807) is 6.07 Å². The van der Waals surface area contributed by atoms with Crippen molar-refractivity contribution in [3.8, 4) is 6.07 Å². The molecule has 1 aromatic rings. The average Bonchev–Trinajstić information content (AvgIpc) is 2.91. The van der Waals surface area contributed by atoms with Gasteiger partial charge in [-0.1, -0.05) is 0 Å². The van der Waals surface area contributed by atoms with Gasteiger partial charge in [-0.05, 0) is 37.6 Å². The lowest BCUT2D eigenvalue weighted by atomic mass is 10.2. The summed E-state index contributed by atoms with van der Waals surface area (Å²) in [4.78, 5) is -0.0593. The number of likely N-dealkylation sites (N-methyl/N-ethyl adjacent to an activating group) is 1. The third-order valence-corrected chi connectivity index (χ3v) is 5.23. The van der Waals surface area contributed by atoms with Crippen molar-refractivity contribution >= 4 is 10.0 Å². The first-order valence-corrected chi connectivity index (χ1v) is 7.78. The van der Waals surface area contributed by atoms with Crippen LogP contribution in [0.25, 0.3) is 0 Å². The van der Waals surface area contributed by atoms with E-state index in [-0.39, 0.29) is 16.5 Å². The first-order valence-electron chi connectivity index (χ1n) is 6.34. The van der Waals surface area contributed by atoms with E-state index in [2.05, 4.69) is 5.32 Å². The summed E-state index contributed by atoms with van der Waals surface area (Å²) < 4.78 is 39.2. The molecule has 0 spiro atoms. The van der Waals surface area contributed by atoms with Crippen LogP contribution in [-0.2, 0) is 10.0 Å². The Morgan fingerprint density at radius 2 is 2.30 bits per heavy atom. The first-order chi connectivity index (χ1) is 9.45. The summed E-state index contributed by atoms with van der Waals surface area (Å²) in [7, 11) is -2.21. The number of nitrogens with one attached hydrogen (secondary N) is 1. The summed E-state index contributed by atoms with van der Waals surface area (Å²) in [5.41, 5.74) is -0.265. The van der Waals surface area contributed by atoms with Crippen molar-refractivity contribution in [2.75, 3.05) is 20.1 Å². The van der Waals surface area contributed by atoms with Crippen LogP contribution < -0.4 is 5.32 Å². The minimum absolute atomic E-state index is 0.0593. The Bertz CT molecular complexity index is 634. The molecule has 5 nitrogen and oxygen atoms in total. The number of hydrogen-bond acceptors (Lipinski definition) is 4. The van der Waals surface area contributed by atoms with Gasteiger partial charge in [0, 0.05) is 19.6 Å². The second-order valence-electron chi connectivity index (χ2n) is 4.83. The highest BCUT2D eigenvalue weighted by molar-refractivity contribution is 7.89. The normalized spacial score (nSPS) is 19.2. The summed E-state index contributed by atoms with van der Waals surface area (Å²) >= 11 is 0. The van der Waals surface area contributed by atoms with Crippen LogP contribution in [0, 0.1) is 17.1 Å². The third kappa shape index (κ3) is 2.98. The zero-order chi connectivity index (χ0) is 14.8. The maximum atomic E-state index is 13.2. The molecular weight excluding hydrogens is 281 g/mol. The fourth-order valence-corrected chi connectivity index (χ4v) is 3.49. The molecule has 0 amide bonds. The number of hydrogen-bond donors (Lipinski definition) is 1. The number of sulfonamides is 1. The second kappa shape index (κ2) is 5.87. The summed E-state index contributed by atoms with van der Waals surface area (Å²) in [6.45, 7) is 1.26. The van der Waals surface area contributed by atoms with E-state index >= 15 is 0 Å². The highest BCUT2D eigenvalue weighted by atomic mass is 32.2. The van der Waals surface area contributed by atoms with E-state index in [1.165, 1.54) is 17.4 Å². The first kappa shape index (κ1) is 14.9. The Kier molecular flexibility index (Phi) is 4.38. The molecular formula is C13H16FN3O2S. The molecule has 0 aliphatic carbocycles. The van der Waals surface area contributed by atoms with Gasteiger partial charge in [0.25, 0.3) is 0 Å². The van der Waals surface area contributed by atoms with Crippen molar-refractivity contribution in [2.45, 2.75) is 23.8 Å². The number of nitrogens with zero attached hydrogens (tertiary/aromatic N) is 2. The van der Waals surface area contributed by atoms with Crippen molar-refractivity contribution in [1.82, 2.24) is 9.62 Å². The predicted molar refractivity (Wildman–Crippen MR) is 72.0 cm³/mol. The van der Waals surface area contributed by atoms with E-state index in [0.29, 0.717) is 6.54 Å². The number of nitriles is 1. The maximum absolute atomic E-state index is 13.2. The van der Waals surface area contributed by atoms with E-state index in [9.17, 15) is 12.8 Å². The highest BCUT2D eigenvalue weighted by Crippen LogP contribution is 2.19. The van der Waals surface area contributed by atoms with Crippen LogP contribution in [0.2, 0.25) is 0 Å². The average molecular weight is 297 g/mol. The van der Waals surface area contributed by atoms with Crippen LogP contribution in [0.4, 0.5) is 4.39 Å². The Hall–Kier alpha value is -1.49. The topological polar surface area (TPSA) is 73.2 Å². The molecule has 20 heavy (non-hydrogen) atoms. The van der Waals surface area contributed by atoms with Gasteiger partial charge in [0.2, 0.25) is 10.0 Å². The molecule has 1 aliphatic rings. The largest absolute Gasteiger partial charge is 0.313 e.